The molecule has 0 amide bonds. The molecule has 94 valence electrons. The van der Waals surface area contributed by atoms with Gasteiger partial charge in [-0.2, -0.15) is 0 Å². The Morgan fingerprint density at radius 1 is 1.18 bits per heavy atom. The molecular formula is C12H21N5. The third-order valence-electron chi connectivity index (χ3n) is 3.25. The highest BCUT2D eigenvalue weighted by Gasteiger charge is 2.19. The van der Waals surface area contributed by atoms with Crippen molar-refractivity contribution < 1.29 is 0 Å². The van der Waals surface area contributed by atoms with E-state index in [2.05, 4.69) is 38.9 Å². The maximum atomic E-state index is 4.52. The number of anilines is 2. The van der Waals surface area contributed by atoms with Crippen LogP contribution in [0.4, 0.5) is 11.6 Å². The summed E-state index contributed by atoms with van der Waals surface area (Å²) in [7, 11) is 1.87. The van der Waals surface area contributed by atoms with Gasteiger partial charge in [-0.3, -0.25) is 9.88 Å². The topological polar surface area (TPSA) is 44.3 Å². The zero-order chi connectivity index (χ0) is 12.3. The fourth-order valence-corrected chi connectivity index (χ4v) is 2.10. The van der Waals surface area contributed by atoms with Crippen molar-refractivity contribution in [3.63, 3.8) is 0 Å². The third kappa shape index (κ3) is 2.85. The second-order valence-corrected chi connectivity index (χ2v) is 4.63. The number of hydrogen-bond acceptors (Lipinski definition) is 5. The number of hydrogen-bond donors (Lipinski definition) is 1. The van der Waals surface area contributed by atoms with Crippen LogP contribution in [0.1, 0.15) is 13.8 Å². The zero-order valence-corrected chi connectivity index (χ0v) is 10.8. The minimum Gasteiger partial charge on any atom is -0.372 e. The first kappa shape index (κ1) is 12.1. The number of piperazine rings is 1. The van der Waals surface area contributed by atoms with E-state index in [9.17, 15) is 0 Å². The first-order valence-corrected chi connectivity index (χ1v) is 6.19. The Morgan fingerprint density at radius 3 is 2.47 bits per heavy atom. The molecule has 0 spiro atoms. The first-order valence-electron chi connectivity index (χ1n) is 6.19. The molecule has 5 nitrogen and oxygen atoms in total. The van der Waals surface area contributed by atoms with Crippen LogP contribution in [0.2, 0.25) is 0 Å². The van der Waals surface area contributed by atoms with E-state index in [1.165, 1.54) is 0 Å². The van der Waals surface area contributed by atoms with Crippen LogP contribution in [-0.2, 0) is 0 Å². The van der Waals surface area contributed by atoms with Gasteiger partial charge in [0.05, 0.1) is 12.4 Å². The molecule has 0 bridgehead atoms. The Hall–Kier alpha value is -1.36. The predicted octanol–water partition coefficient (Wildman–Crippen LogP) is 1.05. The van der Waals surface area contributed by atoms with E-state index < -0.39 is 0 Å². The van der Waals surface area contributed by atoms with Crippen molar-refractivity contribution in [3.8, 4) is 0 Å². The molecule has 1 N–H and O–H groups in total. The molecule has 0 aromatic carbocycles. The van der Waals surface area contributed by atoms with Gasteiger partial charge in [0.1, 0.15) is 11.6 Å². The van der Waals surface area contributed by atoms with Gasteiger partial charge in [0.15, 0.2) is 0 Å². The summed E-state index contributed by atoms with van der Waals surface area (Å²) in [5, 5.41) is 3.02. The van der Waals surface area contributed by atoms with Crippen molar-refractivity contribution in [2.24, 2.45) is 0 Å². The number of aromatic nitrogens is 2. The molecular weight excluding hydrogens is 214 g/mol. The molecule has 5 heteroatoms. The molecule has 1 saturated heterocycles. The van der Waals surface area contributed by atoms with Crippen LogP contribution in [0, 0.1) is 0 Å². The van der Waals surface area contributed by atoms with Gasteiger partial charge in [0.2, 0.25) is 0 Å². The first-order chi connectivity index (χ1) is 8.20. The normalized spacial score (nSPS) is 17.5. The van der Waals surface area contributed by atoms with Gasteiger partial charge in [0, 0.05) is 39.3 Å². The molecule has 1 fully saturated rings. The lowest BCUT2D eigenvalue weighted by Crippen LogP contribution is -2.49. The van der Waals surface area contributed by atoms with Crippen LogP contribution in [0.5, 0.6) is 0 Å². The number of nitrogens with zero attached hydrogens (tertiary/aromatic N) is 4. The van der Waals surface area contributed by atoms with Crippen LogP contribution in [0.25, 0.3) is 0 Å². The van der Waals surface area contributed by atoms with E-state index in [0.717, 1.165) is 37.8 Å². The Bertz CT molecular complexity index is 358. The summed E-state index contributed by atoms with van der Waals surface area (Å²) in [5.74, 6) is 1.80. The molecule has 0 unspecified atom stereocenters. The van der Waals surface area contributed by atoms with Crippen molar-refractivity contribution in [2.75, 3.05) is 43.4 Å². The summed E-state index contributed by atoms with van der Waals surface area (Å²) in [5.41, 5.74) is 0. The van der Waals surface area contributed by atoms with Crippen LogP contribution in [0.3, 0.4) is 0 Å². The Morgan fingerprint density at radius 2 is 1.88 bits per heavy atom. The highest BCUT2D eigenvalue weighted by Crippen LogP contribution is 2.15. The van der Waals surface area contributed by atoms with E-state index in [-0.39, 0.29) is 0 Å². The zero-order valence-electron chi connectivity index (χ0n) is 10.8. The van der Waals surface area contributed by atoms with E-state index in [0.29, 0.717) is 6.04 Å². The molecule has 17 heavy (non-hydrogen) atoms. The summed E-state index contributed by atoms with van der Waals surface area (Å²) >= 11 is 0. The average Bonchev–Trinajstić information content (AvgIpc) is 2.39. The standard InChI is InChI=1S/C12H21N5/c1-10(2)16-4-6-17(7-5-16)12-9-14-8-11(13-3)15-12/h8-10H,4-7H2,1-3H3,(H,13,15). The molecule has 0 radical (unpaired) electrons. The molecule has 0 atom stereocenters. The molecule has 1 aliphatic rings. The molecule has 2 heterocycles. The van der Waals surface area contributed by atoms with Gasteiger partial charge in [0.25, 0.3) is 0 Å². The average molecular weight is 235 g/mol. The van der Waals surface area contributed by atoms with E-state index in [4.69, 9.17) is 0 Å². The third-order valence-corrected chi connectivity index (χ3v) is 3.25. The lowest BCUT2D eigenvalue weighted by molar-refractivity contribution is 0.209. The summed E-state index contributed by atoms with van der Waals surface area (Å²) in [6, 6.07) is 0.631. The Labute approximate surface area is 103 Å². The number of rotatable bonds is 3. The molecule has 2 rings (SSSR count). The smallest absolute Gasteiger partial charge is 0.149 e. The lowest BCUT2D eigenvalue weighted by Gasteiger charge is -2.37. The fourth-order valence-electron chi connectivity index (χ4n) is 2.10. The van der Waals surface area contributed by atoms with Crippen LogP contribution in [0.15, 0.2) is 12.4 Å². The van der Waals surface area contributed by atoms with Crippen molar-refractivity contribution in [2.45, 2.75) is 19.9 Å². The maximum Gasteiger partial charge on any atom is 0.149 e. The highest BCUT2D eigenvalue weighted by atomic mass is 15.3. The van der Waals surface area contributed by atoms with E-state index in [1.54, 1.807) is 6.20 Å². The summed E-state index contributed by atoms with van der Waals surface area (Å²) in [6.07, 6.45) is 3.58. The molecule has 0 saturated carbocycles. The van der Waals surface area contributed by atoms with Gasteiger partial charge in [-0.05, 0) is 13.8 Å². The second kappa shape index (κ2) is 5.31. The molecule has 1 aliphatic heterocycles. The van der Waals surface area contributed by atoms with Crippen LogP contribution in [-0.4, -0.2) is 54.1 Å². The number of nitrogens with one attached hydrogen (secondary N) is 1. The van der Waals surface area contributed by atoms with Gasteiger partial charge >= 0.3 is 0 Å². The minimum atomic E-state index is 0.631. The Kier molecular flexibility index (Phi) is 3.78. The molecule has 1 aromatic heterocycles. The highest BCUT2D eigenvalue weighted by molar-refractivity contribution is 5.43. The summed E-state index contributed by atoms with van der Waals surface area (Å²) in [4.78, 5) is 13.5. The van der Waals surface area contributed by atoms with E-state index >= 15 is 0 Å². The summed E-state index contributed by atoms with van der Waals surface area (Å²) in [6.45, 7) is 8.75. The summed E-state index contributed by atoms with van der Waals surface area (Å²) < 4.78 is 0. The van der Waals surface area contributed by atoms with Crippen LogP contribution < -0.4 is 10.2 Å². The SMILES string of the molecule is CNc1cncc(N2CCN(C(C)C)CC2)n1. The van der Waals surface area contributed by atoms with Crippen molar-refractivity contribution in [1.82, 2.24) is 14.9 Å². The van der Waals surface area contributed by atoms with Crippen molar-refractivity contribution in [3.05, 3.63) is 12.4 Å². The minimum absolute atomic E-state index is 0.631. The van der Waals surface area contributed by atoms with Gasteiger partial charge in [-0.1, -0.05) is 0 Å². The monoisotopic (exact) mass is 235 g/mol. The van der Waals surface area contributed by atoms with Gasteiger partial charge < -0.3 is 10.2 Å². The van der Waals surface area contributed by atoms with E-state index in [1.807, 2.05) is 13.2 Å². The molecule has 1 aromatic rings. The molecule has 0 aliphatic carbocycles. The van der Waals surface area contributed by atoms with Crippen molar-refractivity contribution in [1.29, 1.82) is 0 Å². The van der Waals surface area contributed by atoms with Crippen LogP contribution >= 0.6 is 0 Å². The largest absolute Gasteiger partial charge is 0.372 e. The lowest BCUT2D eigenvalue weighted by atomic mass is 10.2. The van der Waals surface area contributed by atoms with Crippen molar-refractivity contribution >= 4 is 11.6 Å². The predicted molar refractivity (Wildman–Crippen MR) is 70.5 cm³/mol. The quantitative estimate of drug-likeness (QED) is 0.848. The Balaban J connectivity index is 2.00. The fraction of sp³-hybridized carbons (Fsp3) is 0.667. The van der Waals surface area contributed by atoms with Gasteiger partial charge in [-0.15, -0.1) is 0 Å². The van der Waals surface area contributed by atoms with Gasteiger partial charge in [-0.25, -0.2) is 4.98 Å². The maximum absolute atomic E-state index is 4.52. The second-order valence-electron chi connectivity index (χ2n) is 4.63.